The van der Waals surface area contributed by atoms with Gasteiger partial charge >= 0.3 is 0 Å². The Labute approximate surface area is 118 Å². The Morgan fingerprint density at radius 2 is 1.90 bits per heavy atom. The van der Waals surface area contributed by atoms with Gasteiger partial charge in [0, 0.05) is 0 Å². The summed E-state index contributed by atoms with van der Waals surface area (Å²) in [5.74, 6) is -0.546. The molecule has 0 N–H and O–H groups in total. The summed E-state index contributed by atoms with van der Waals surface area (Å²) in [7, 11) is 0. The second-order valence-electron chi connectivity index (χ2n) is 5.20. The van der Waals surface area contributed by atoms with E-state index in [0.717, 1.165) is 5.56 Å². The van der Waals surface area contributed by atoms with Crippen LogP contribution in [0.3, 0.4) is 0 Å². The summed E-state index contributed by atoms with van der Waals surface area (Å²) >= 11 is 0. The van der Waals surface area contributed by atoms with E-state index < -0.39 is 6.04 Å². The van der Waals surface area contributed by atoms with Gasteiger partial charge < -0.3 is 0 Å². The summed E-state index contributed by atoms with van der Waals surface area (Å²) in [6.45, 7) is 2.23. The van der Waals surface area contributed by atoms with Crippen molar-refractivity contribution in [3.63, 3.8) is 0 Å². The largest absolute Gasteiger partial charge is 0.296 e. The highest BCUT2D eigenvalue weighted by molar-refractivity contribution is 6.02. The number of hydrogen-bond acceptors (Lipinski definition) is 3. The van der Waals surface area contributed by atoms with Crippen molar-refractivity contribution in [1.29, 1.82) is 0 Å². The number of hydrogen-bond donors (Lipinski definition) is 0. The van der Waals surface area contributed by atoms with Crippen LogP contribution in [0.4, 0.5) is 0 Å². The van der Waals surface area contributed by atoms with Crippen LogP contribution in [0.1, 0.15) is 18.9 Å². The molecule has 0 spiro atoms. The Bertz CT molecular complexity index is 552. The number of carbonyl (C=O) groups excluding carboxylic acids is 2. The van der Waals surface area contributed by atoms with Gasteiger partial charge in [-0.05, 0) is 12.0 Å². The molecule has 1 heterocycles. The Balaban J connectivity index is 1.76. The lowest BCUT2D eigenvalue weighted by atomic mass is 9.84. The van der Waals surface area contributed by atoms with Gasteiger partial charge in [0.1, 0.15) is 12.6 Å². The normalized spacial score (nSPS) is 28.2. The minimum atomic E-state index is -0.543. The van der Waals surface area contributed by atoms with Gasteiger partial charge in [0.25, 0.3) is 5.91 Å². The number of allylic oxidation sites excluding steroid dienone is 1. The molecule has 3 atom stereocenters. The van der Waals surface area contributed by atoms with E-state index in [0.29, 0.717) is 13.0 Å². The summed E-state index contributed by atoms with van der Waals surface area (Å²) in [5.41, 5.74) is 0.977. The molecule has 0 aromatic heterocycles. The van der Waals surface area contributed by atoms with Crippen LogP contribution in [0, 0.1) is 11.8 Å². The zero-order valence-electron chi connectivity index (χ0n) is 11.4. The third kappa shape index (κ3) is 2.06. The summed E-state index contributed by atoms with van der Waals surface area (Å²) in [4.78, 5) is 30.2. The van der Waals surface area contributed by atoms with E-state index in [1.165, 1.54) is 5.06 Å². The lowest BCUT2D eigenvalue weighted by Gasteiger charge is -2.35. The van der Waals surface area contributed by atoms with Gasteiger partial charge in [-0.25, -0.2) is 5.06 Å². The zero-order chi connectivity index (χ0) is 14.1. The molecular formula is C16H17NO3. The highest BCUT2D eigenvalue weighted by atomic mass is 16.7. The smallest absolute Gasteiger partial charge is 0.251 e. The van der Waals surface area contributed by atoms with Gasteiger partial charge in [-0.15, -0.1) is 0 Å². The maximum atomic E-state index is 12.4. The van der Waals surface area contributed by atoms with E-state index in [2.05, 4.69) is 0 Å². The Kier molecular flexibility index (Phi) is 3.40. The van der Waals surface area contributed by atoms with E-state index in [1.807, 2.05) is 43.3 Å². The summed E-state index contributed by atoms with van der Waals surface area (Å²) in [6.07, 6.45) is 4.29. The molecule has 1 saturated heterocycles. The van der Waals surface area contributed by atoms with Crippen LogP contribution in [0.2, 0.25) is 0 Å². The number of amides is 1. The Morgan fingerprint density at radius 3 is 2.60 bits per heavy atom. The van der Waals surface area contributed by atoms with Crippen LogP contribution in [-0.2, 0) is 21.0 Å². The van der Waals surface area contributed by atoms with Gasteiger partial charge in [0.05, 0.1) is 11.8 Å². The SMILES string of the molecule is CC[C@@H]1C(=O)N(OCc2ccccc2)[C@H]2C=C[C@H]1C2=O. The van der Waals surface area contributed by atoms with Crippen molar-refractivity contribution < 1.29 is 14.4 Å². The quantitative estimate of drug-likeness (QED) is 0.788. The maximum Gasteiger partial charge on any atom is 0.251 e. The van der Waals surface area contributed by atoms with Gasteiger partial charge in [0.15, 0.2) is 5.78 Å². The third-order valence-corrected chi connectivity index (χ3v) is 3.99. The van der Waals surface area contributed by atoms with Crippen molar-refractivity contribution in [1.82, 2.24) is 5.06 Å². The summed E-state index contributed by atoms with van der Waals surface area (Å²) < 4.78 is 0. The van der Waals surface area contributed by atoms with E-state index >= 15 is 0 Å². The van der Waals surface area contributed by atoms with E-state index in [-0.39, 0.29) is 23.5 Å². The van der Waals surface area contributed by atoms with Gasteiger partial charge in [-0.3, -0.25) is 14.4 Å². The summed E-state index contributed by atoms with van der Waals surface area (Å²) in [6, 6.07) is 9.09. The third-order valence-electron chi connectivity index (χ3n) is 3.99. The number of benzene rings is 1. The van der Waals surface area contributed by atoms with Crippen molar-refractivity contribution >= 4 is 11.7 Å². The van der Waals surface area contributed by atoms with Gasteiger partial charge in [-0.1, -0.05) is 49.4 Å². The molecule has 4 nitrogen and oxygen atoms in total. The number of fused-ring (bicyclic) bond motifs is 2. The first-order chi connectivity index (χ1) is 9.72. The highest BCUT2D eigenvalue weighted by Gasteiger charge is 2.49. The van der Waals surface area contributed by atoms with E-state index in [4.69, 9.17) is 4.84 Å². The molecular weight excluding hydrogens is 254 g/mol. The first-order valence-electron chi connectivity index (χ1n) is 6.94. The van der Waals surface area contributed by atoms with Crippen molar-refractivity contribution in [3.8, 4) is 0 Å². The molecule has 1 aromatic carbocycles. The number of nitrogens with zero attached hydrogens (tertiary/aromatic N) is 1. The first kappa shape index (κ1) is 13.1. The number of rotatable bonds is 4. The lowest BCUT2D eigenvalue weighted by molar-refractivity contribution is -0.212. The molecule has 2 aliphatic rings. The Morgan fingerprint density at radius 1 is 1.15 bits per heavy atom. The fraction of sp³-hybridized carbons (Fsp3) is 0.375. The number of hydroxylamine groups is 2. The molecule has 3 rings (SSSR count). The minimum absolute atomic E-state index is 0.0736. The van der Waals surface area contributed by atoms with Crippen molar-refractivity contribution in [2.75, 3.05) is 0 Å². The van der Waals surface area contributed by atoms with Crippen molar-refractivity contribution in [3.05, 3.63) is 48.0 Å². The van der Waals surface area contributed by atoms with Crippen LogP contribution in [0.15, 0.2) is 42.5 Å². The fourth-order valence-corrected chi connectivity index (χ4v) is 2.88. The second kappa shape index (κ2) is 5.21. The predicted octanol–water partition coefficient (Wildman–Crippen LogP) is 2.11. The standard InChI is InChI=1S/C16H17NO3/c1-2-12-13-8-9-14(15(13)18)17(16(12)19)20-10-11-6-4-3-5-7-11/h3-9,12-14H,2,10H2,1H3/t12-,13+,14-/m0/s1. The average Bonchev–Trinajstić information content (AvgIpc) is 2.77. The van der Waals surface area contributed by atoms with Crippen LogP contribution in [-0.4, -0.2) is 22.8 Å². The van der Waals surface area contributed by atoms with Crippen LogP contribution in [0.25, 0.3) is 0 Å². The van der Waals surface area contributed by atoms with Gasteiger partial charge in [-0.2, -0.15) is 0 Å². The highest BCUT2D eigenvalue weighted by Crippen LogP contribution is 2.35. The first-order valence-corrected chi connectivity index (χ1v) is 6.94. The molecule has 20 heavy (non-hydrogen) atoms. The van der Waals surface area contributed by atoms with E-state index in [9.17, 15) is 9.59 Å². The molecule has 0 unspecified atom stereocenters. The molecule has 1 aromatic rings. The molecule has 0 radical (unpaired) electrons. The number of ketones is 1. The number of Topliss-reactive ketones (excluding diaryl/α,β-unsaturated/α-hetero) is 1. The van der Waals surface area contributed by atoms with Crippen LogP contribution >= 0.6 is 0 Å². The van der Waals surface area contributed by atoms with Crippen molar-refractivity contribution in [2.45, 2.75) is 26.0 Å². The monoisotopic (exact) mass is 271 g/mol. The van der Waals surface area contributed by atoms with Crippen molar-refractivity contribution in [2.24, 2.45) is 11.8 Å². The minimum Gasteiger partial charge on any atom is -0.296 e. The molecule has 1 aliphatic heterocycles. The maximum absolute atomic E-state index is 12.4. The average molecular weight is 271 g/mol. The molecule has 4 heteroatoms. The number of piperidine rings is 1. The molecule has 0 saturated carbocycles. The molecule has 104 valence electrons. The molecule has 1 fully saturated rings. The zero-order valence-corrected chi connectivity index (χ0v) is 11.4. The van der Waals surface area contributed by atoms with Crippen LogP contribution in [0.5, 0.6) is 0 Å². The second-order valence-corrected chi connectivity index (χ2v) is 5.20. The van der Waals surface area contributed by atoms with E-state index in [1.54, 1.807) is 6.08 Å². The number of carbonyl (C=O) groups is 2. The Hall–Kier alpha value is -1.94. The summed E-state index contributed by atoms with van der Waals surface area (Å²) in [5, 5.41) is 1.27. The van der Waals surface area contributed by atoms with Gasteiger partial charge in [0.2, 0.25) is 0 Å². The molecule has 1 amide bonds. The van der Waals surface area contributed by atoms with Crippen LogP contribution < -0.4 is 0 Å². The predicted molar refractivity (Wildman–Crippen MR) is 73.3 cm³/mol. The molecule has 2 bridgehead atoms. The topological polar surface area (TPSA) is 46.6 Å². The fourth-order valence-electron chi connectivity index (χ4n) is 2.88. The lowest BCUT2D eigenvalue weighted by Crippen LogP contribution is -2.53. The molecule has 1 aliphatic carbocycles.